The molecule has 3 aromatic rings. The molecular formula is C23H28N4O. The Morgan fingerprint density at radius 3 is 2.54 bits per heavy atom. The largest absolute Gasteiger partial charge is 0.372 e. The third-order valence-electron chi connectivity index (χ3n) is 5.47. The number of fused-ring (bicyclic) bond motifs is 2. The van der Waals surface area contributed by atoms with Crippen LogP contribution in [0.2, 0.25) is 0 Å². The summed E-state index contributed by atoms with van der Waals surface area (Å²) >= 11 is 0. The van der Waals surface area contributed by atoms with Crippen LogP contribution in [0.3, 0.4) is 0 Å². The number of carbonyl (C=O) groups is 1. The molecule has 0 aliphatic carbocycles. The first-order valence-corrected chi connectivity index (χ1v) is 9.97. The molecule has 0 radical (unpaired) electrons. The highest BCUT2D eigenvalue weighted by Crippen LogP contribution is 2.33. The number of nitrogens with zero attached hydrogens (tertiary/aromatic N) is 2. The lowest BCUT2D eigenvalue weighted by molar-refractivity contribution is 0.0966. The number of anilines is 1. The molecule has 0 spiro atoms. The van der Waals surface area contributed by atoms with Crippen molar-refractivity contribution in [1.82, 2.24) is 15.2 Å². The van der Waals surface area contributed by atoms with Gasteiger partial charge in [0.05, 0.1) is 5.56 Å². The van der Waals surface area contributed by atoms with E-state index in [4.69, 9.17) is 0 Å². The van der Waals surface area contributed by atoms with Crippen LogP contribution >= 0.6 is 0 Å². The summed E-state index contributed by atoms with van der Waals surface area (Å²) in [5, 5.41) is 4.15. The number of benzene rings is 2. The quantitative estimate of drug-likeness (QED) is 0.684. The Morgan fingerprint density at radius 1 is 1.04 bits per heavy atom. The molecular weight excluding hydrogens is 348 g/mol. The predicted molar refractivity (Wildman–Crippen MR) is 116 cm³/mol. The molecule has 2 heterocycles. The topological polar surface area (TPSA) is 51.4 Å². The second-order valence-corrected chi connectivity index (χ2v) is 7.72. The summed E-state index contributed by atoms with van der Waals surface area (Å²) in [5.41, 5.74) is 7.42. The number of aromatic nitrogens is 1. The third-order valence-corrected chi connectivity index (χ3v) is 5.47. The number of carbonyl (C=O) groups excluding carboxylic acids is 1. The molecule has 5 heteroatoms. The van der Waals surface area contributed by atoms with Crippen molar-refractivity contribution in [2.45, 2.75) is 26.9 Å². The summed E-state index contributed by atoms with van der Waals surface area (Å²) < 4.78 is 0. The first-order valence-electron chi connectivity index (χ1n) is 9.97. The Bertz CT molecular complexity index is 1030. The summed E-state index contributed by atoms with van der Waals surface area (Å²) in [7, 11) is 4.13. The van der Waals surface area contributed by atoms with Crippen molar-refractivity contribution in [1.29, 1.82) is 0 Å². The van der Waals surface area contributed by atoms with Crippen LogP contribution in [-0.4, -0.2) is 43.0 Å². The van der Waals surface area contributed by atoms with Gasteiger partial charge in [-0.15, -0.1) is 0 Å². The van der Waals surface area contributed by atoms with E-state index >= 15 is 0 Å². The van der Waals surface area contributed by atoms with Gasteiger partial charge in [0.1, 0.15) is 0 Å². The van der Waals surface area contributed by atoms with E-state index in [0.29, 0.717) is 6.54 Å². The second-order valence-electron chi connectivity index (χ2n) is 7.72. The highest BCUT2D eigenvalue weighted by Gasteiger charge is 2.25. The fourth-order valence-electron chi connectivity index (χ4n) is 4.16. The van der Waals surface area contributed by atoms with Gasteiger partial charge in [0.15, 0.2) is 0 Å². The van der Waals surface area contributed by atoms with Crippen LogP contribution in [0.25, 0.3) is 22.2 Å². The number of nitrogens with one attached hydrogen (secondary N) is 2. The Morgan fingerprint density at radius 2 is 1.82 bits per heavy atom. The molecule has 2 aromatic carbocycles. The number of rotatable bonds is 6. The van der Waals surface area contributed by atoms with Crippen LogP contribution in [0.1, 0.15) is 35.3 Å². The molecule has 0 unspecified atom stereocenters. The number of amides is 1. The van der Waals surface area contributed by atoms with Crippen molar-refractivity contribution in [3.05, 3.63) is 53.1 Å². The lowest BCUT2D eigenvalue weighted by atomic mass is 9.97. The summed E-state index contributed by atoms with van der Waals surface area (Å²) in [6.45, 7) is 7.78. The molecule has 0 fully saturated rings. The van der Waals surface area contributed by atoms with Crippen molar-refractivity contribution in [3.8, 4) is 11.3 Å². The monoisotopic (exact) mass is 376 g/mol. The van der Waals surface area contributed by atoms with Crippen LogP contribution in [0.5, 0.6) is 0 Å². The highest BCUT2D eigenvalue weighted by atomic mass is 16.1. The van der Waals surface area contributed by atoms with E-state index in [1.54, 1.807) is 0 Å². The number of hydrogen-bond donors (Lipinski definition) is 2. The van der Waals surface area contributed by atoms with Gasteiger partial charge in [-0.2, -0.15) is 0 Å². The first kappa shape index (κ1) is 18.6. The van der Waals surface area contributed by atoms with Crippen LogP contribution in [0.4, 0.5) is 5.69 Å². The SMILES string of the molecule is CCN(CC)c1ccc2[nH]c(-c3cc(CN(C)C)cc4c3C(=O)NC4)cc2c1. The Labute approximate surface area is 166 Å². The maximum atomic E-state index is 12.5. The molecule has 0 bridgehead atoms. The lowest BCUT2D eigenvalue weighted by Crippen LogP contribution is -2.21. The molecule has 1 aromatic heterocycles. The molecule has 1 amide bonds. The summed E-state index contributed by atoms with van der Waals surface area (Å²) in [5.74, 6) is 0.0175. The number of aromatic amines is 1. The van der Waals surface area contributed by atoms with Crippen molar-refractivity contribution >= 4 is 22.5 Å². The van der Waals surface area contributed by atoms with Gasteiger partial charge in [-0.1, -0.05) is 6.07 Å². The van der Waals surface area contributed by atoms with E-state index in [9.17, 15) is 4.79 Å². The minimum absolute atomic E-state index is 0.0175. The van der Waals surface area contributed by atoms with Gasteiger partial charge in [0, 0.05) is 54.0 Å². The highest BCUT2D eigenvalue weighted by molar-refractivity contribution is 6.05. The summed E-state index contributed by atoms with van der Waals surface area (Å²) in [6, 6.07) is 13.0. The summed E-state index contributed by atoms with van der Waals surface area (Å²) in [6.07, 6.45) is 0. The van der Waals surface area contributed by atoms with E-state index in [1.807, 2.05) is 0 Å². The Hall–Kier alpha value is -2.79. The molecule has 0 saturated heterocycles. The molecule has 5 nitrogen and oxygen atoms in total. The average molecular weight is 377 g/mol. The van der Waals surface area contributed by atoms with Crippen molar-refractivity contribution in [3.63, 3.8) is 0 Å². The van der Waals surface area contributed by atoms with E-state index in [0.717, 1.165) is 47.5 Å². The van der Waals surface area contributed by atoms with Crippen molar-refractivity contribution in [2.75, 3.05) is 32.1 Å². The average Bonchev–Trinajstić information content (AvgIpc) is 3.25. The predicted octanol–water partition coefficient (Wildman–Crippen LogP) is 3.99. The van der Waals surface area contributed by atoms with Gasteiger partial charge in [-0.05, 0) is 69.4 Å². The second kappa shape index (κ2) is 7.32. The molecule has 1 aliphatic rings. The molecule has 0 saturated carbocycles. The zero-order chi connectivity index (χ0) is 19.8. The first-order chi connectivity index (χ1) is 13.5. The van der Waals surface area contributed by atoms with Gasteiger partial charge in [-0.25, -0.2) is 0 Å². The van der Waals surface area contributed by atoms with Gasteiger partial charge in [-0.3, -0.25) is 4.79 Å². The van der Waals surface area contributed by atoms with Crippen LogP contribution in [0.15, 0.2) is 36.4 Å². The van der Waals surface area contributed by atoms with Crippen LogP contribution in [0, 0.1) is 0 Å². The smallest absolute Gasteiger partial charge is 0.252 e. The fourth-order valence-corrected chi connectivity index (χ4v) is 4.16. The van der Waals surface area contributed by atoms with Gasteiger partial charge >= 0.3 is 0 Å². The zero-order valence-electron chi connectivity index (χ0n) is 17.1. The number of hydrogen-bond acceptors (Lipinski definition) is 3. The lowest BCUT2D eigenvalue weighted by Gasteiger charge is -2.20. The van der Waals surface area contributed by atoms with E-state index < -0.39 is 0 Å². The minimum atomic E-state index is 0.0175. The maximum Gasteiger partial charge on any atom is 0.252 e. The standard InChI is InChI=1S/C23H28N4O/c1-5-27(6-2)18-7-8-20-16(11-18)12-21(25-20)19-10-15(14-26(3)4)9-17-13-24-23(28)22(17)19/h7-12,25H,5-6,13-14H2,1-4H3,(H,24,28). The minimum Gasteiger partial charge on any atom is -0.372 e. The van der Waals surface area contributed by atoms with Crippen molar-refractivity contribution in [2.24, 2.45) is 0 Å². The van der Waals surface area contributed by atoms with E-state index in [2.05, 4.69) is 84.4 Å². The Kier molecular flexibility index (Phi) is 4.85. The Balaban J connectivity index is 1.83. The molecule has 28 heavy (non-hydrogen) atoms. The molecule has 2 N–H and O–H groups in total. The van der Waals surface area contributed by atoms with Gasteiger partial charge in [0.2, 0.25) is 0 Å². The molecule has 146 valence electrons. The fraction of sp³-hybridized carbons (Fsp3) is 0.348. The van der Waals surface area contributed by atoms with E-state index in [1.165, 1.54) is 16.6 Å². The van der Waals surface area contributed by atoms with Gasteiger partial charge < -0.3 is 20.1 Å². The van der Waals surface area contributed by atoms with Crippen LogP contribution < -0.4 is 10.2 Å². The van der Waals surface area contributed by atoms with Crippen LogP contribution in [-0.2, 0) is 13.1 Å². The molecule has 0 atom stereocenters. The zero-order valence-corrected chi connectivity index (χ0v) is 17.1. The van der Waals surface area contributed by atoms with Crippen molar-refractivity contribution < 1.29 is 4.79 Å². The molecule has 1 aliphatic heterocycles. The molecule has 4 rings (SSSR count). The number of H-pyrrole nitrogens is 1. The normalized spacial score (nSPS) is 13.2. The maximum absolute atomic E-state index is 12.5. The van der Waals surface area contributed by atoms with Gasteiger partial charge in [0.25, 0.3) is 5.91 Å². The van der Waals surface area contributed by atoms with E-state index in [-0.39, 0.29) is 5.91 Å². The third kappa shape index (κ3) is 3.27. The summed E-state index contributed by atoms with van der Waals surface area (Å²) in [4.78, 5) is 20.5.